The van der Waals surface area contributed by atoms with E-state index in [-0.39, 0.29) is 24.3 Å². The highest BCUT2D eigenvalue weighted by molar-refractivity contribution is 5.71. The van der Waals surface area contributed by atoms with Gasteiger partial charge in [-0.25, -0.2) is 4.79 Å². The third kappa shape index (κ3) is 2.66. The van der Waals surface area contributed by atoms with Gasteiger partial charge in [0.25, 0.3) is 0 Å². The van der Waals surface area contributed by atoms with Crippen molar-refractivity contribution >= 4 is 6.09 Å². The van der Waals surface area contributed by atoms with Gasteiger partial charge in [-0.2, -0.15) is 0 Å². The van der Waals surface area contributed by atoms with Gasteiger partial charge in [-0.05, 0) is 44.4 Å². The molecule has 0 radical (unpaired) electrons. The normalized spacial score (nSPS) is 24.1. The molecule has 4 heteroatoms. The zero-order chi connectivity index (χ0) is 14.9. The summed E-state index contributed by atoms with van der Waals surface area (Å²) in [6, 6.07) is 7.81. The van der Waals surface area contributed by atoms with Crippen LogP contribution in [0.25, 0.3) is 0 Å². The van der Waals surface area contributed by atoms with Crippen LogP contribution in [0.15, 0.2) is 24.3 Å². The fourth-order valence-electron chi connectivity index (χ4n) is 2.79. The first kappa shape index (κ1) is 14.9. The first-order valence-corrected chi connectivity index (χ1v) is 7.22. The van der Waals surface area contributed by atoms with Crippen LogP contribution in [0.1, 0.15) is 57.5 Å². The molecule has 1 aromatic carbocycles. The highest BCUT2D eigenvalue weighted by Gasteiger charge is 2.40. The first-order valence-electron chi connectivity index (χ1n) is 7.22. The minimum atomic E-state index is -0.469. The molecule has 1 aliphatic heterocycles. The van der Waals surface area contributed by atoms with Crippen LogP contribution in [0.4, 0.5) is 4.79 Å². The summed E-state index contributed by atoms with van der Waals surface area (Å²) in [5.74, 6) is 0. The Balaban J connectivity index is 2.26. The minimum Gasteiger partial charge on any atom is -0.439 e. The molecule has 3 unspecified atom stereocenters. The van der Waals surface area contributed by atoms with Crippen LogP contribution in [0.2, 0.25) is 0 Å². The topological polar surface area (TPSA) is 49.8 Å². The van der Waals surface area contributed by atoms with Crippen molar-refractivity contribution < 1.29 is 14.6 Å². The zero-order valence-corrected chi connectivity index (χ0v) is 12.5. The number of carbonyl (C=O) groups excluding carboxylic acids is 1. The number of aliphatic hydroxyl groups excluding tert-OH is 1. The Bertz CT molecular complexity index is 486. The lowest BCUT2D eigenvalue weighted by molar-refractivity contribution is 0.128. The van der Waals surface area contributed by atoms with Gasteiger partial charge in [-0.1, -0.05) is 25.1 Å². The SMILES string of the molecule is CCC(O)c1cccc(C2OC(=O)N(C(C)C)C2C)c1. The lowest BCUT2D eigenvalue weighted by atomic mass is 9.98. The van der Waals surface area contributed by atoms with E-state index in [1.165, 1.54) is 0 Å². The fraction of sp³-hybridized carbons (Fsp3) is 0.562. The van der Waals surface area contributed by atoms with Crippen molar-refractivity contribution in [2.75, 3.05) is 0 Å². The molecule has 1 heterocycles. The number of carbonyl (C=O) groups is 1. The molecule has 20 heavy (non-hydrogen) atoms. The van der Waals surface area contributed by atoms with Gasteiger partial charge in [0.05, 0.1) is 12.1 Å². The lowest BCUT2D eigenvalue weighted by Gasteiger charge is -2.24. The maximum atomic E-state index is 11.9. The Kier molecular flexibility index (Phi) is 4.33. The number of nitrogens with zero attached hydrogens (tertiary/aromatic N) is 1. The van der Waals surface area contributed by atoms with E-state index in [0.29, 0.717) is 6.42 Å². The highest BCUT2D eigenvalue weighted by Crippen LogP contribution is 2.34. The standard InChI is InChI=1S/C16H23NO3/c1-5-14(18)12-7-6-8-13(9-12)15-11(4)17(10(2)3)16(19)20-15/h6-11,14-15,18H,5H2,1-4H3. The summed E-state index contributed by atoms with van der Waals surface area (Å²) < 4.78 is 5.51. The monoisotopic (exact) mass is 277 g/mol. The molecule has 1 aliphatic rings. The largest absolute Gasteiger partial charge is 0.439 e. The van der Waals surface area contributed by atoms with Gasteiger partial charge < -0.3 is 9.84 Å². The second kappa shape index (κ2) is 5.83. The van der Waals surface area contributed by atoms with Gasteiger partial charge >= 0.3 is 6.09 Å². The third-order valence-electron chi connectivity index (χ3n) is 3.88. The molecule has 1 saturated heterocycles. The number of amides is 1. The second-order valence-corrected chi connectivity index (χ2v) is 5.64. The summed E-state index contributed by atoms with van der Waals surface area (Å²) in [6.45, 7) is 7.91. The maximum absolute atomic E-state index is 11.9. The van der Waals surface area contributed by atoms with Crippen LogP contribution in [-0.4, -0.2) is 28.2 Å². The molecule has 1 fully saturated rings. The summed E-state index contributed by atoms with van der Waals surface area (Å²) in [7, 11) is 0. The molecule has 0 aromatic heterocycles. The molecular weight excluding hydrogens is 254 g/mol. The van der Waals surface area contributed by atoms with Gasteiger partial charge in [0.1, 0.15) is 6.10 Å². The Morgan fingerprint density at radius 1 is 1.40 bits per heavy atom. The van der Waals surface area contributed by atoms with Crippen molar-refractivity contribution in [2.24, 2.45) is 0 Å². The maximum Gasteiger partial charge on any atom is 0.411 e. The summed E-state index contributed by atoms with van der Waals surface area (Å²) >= 11 is 0. The molecule has 3 atom stereocenters. The van der Waals surface area contributed by atoms with Crippen molar-refractivity contribution in [3.05, 3.63) is 35.4 Å². The van der Waals surface area contributed by atoms with Gasteiger partial charge in [0.2, 0.25) is 0 Å². The number of hydrogen-bond acceptors (Lipinski definition) is 3. The average molecular weight is 277 g/mol. The smallest absolute Gasteiger partial charge is 0.411 e. The summed E-state index contributed by atoms with van der Waals surface area (Å²) in [5, 5.41) is 9.94. The predicted octanol–water partition coefficient (Wildman–Crippen LogP) is 3.42. The molecular formula is C16H23NO3. The van der Waals surface area contributed by atoms with Crippen LogP contribution in [0.3, 0.4) is 0 Å². The van der Waals surface area contributed by atoms with Gasteiger partial charge in [-0.15, -0.1) is 0 Å². The summed E-state index contributed by atoms with van der Waals surface area (Å²) in [6.07, 6.45) is -0.335. The predicted molar refractivity (Wildman–Crippen MR) is 77.4 cm³/mol. The van der Waals surface area contributed by atoms with E-state index in [1.807, 2.05) is 52.0 Å². The molecule has 1 amide bonds. The van der Waals surface area contributed by atoms with Gasteiger partial charge in [0, 0.05) is 6.04 Å². The highest BCUT2D eigenvalue weighted by atomic mass is 16.6. The molecule has 4 nitrogen and oxygen atoms in total. The average Bonchev–Trinajstić information content (AvgIpc) is 2.73. The fourth-order valence-corrected chi connectivity index (χ4v) is 2.79. The zero-order valence-electron chi connectivity index (χ0n) is 12.5. The summed E-state index contributed by atoms with van der Waals surface area (Å²) in [5.41, 5.74) is 1.82. The number of benzene rings is 1. The number of cyclic esters (lactones) is 1. The molecule has 0 spiro atoms. The lowest BCUT2D eigenvalue weighted by Crippen LogP contribution is -2.37. The van der Waals surface area contributed by atoms with Crippen LogP contribution >= 0.6 is 0 Å². The molecule has 1 N–H and O–H groups in total. The minimum absolute atomic E-state index is 0.00322. The Labute approximate surface area is 120 Å². The number of rotatable bonds is 4. The number of hydrogen-bond donors (Lipinski definition) is 1. The second-order valence-electron chi connectivity index (χ2n) is 5.64. The van der Waals surface area contributed by atoms with Crippen molar-refractivity contribution in [3.63, 3.8) is 0 Å². The third-order valence-corrected chi connectivity index (χ3v) is 3.88. The number of ether oxygens (including phenoxy) is 1. The molecule has 0 bridgehead atoms. The van der Waals surface area contributed by atoms with Crippen LogP contribution in [-0.2, 0) is 4.74 Å². The molecule has 110 valence electrons. The van der Waals surface area contributed by atoms with Crippen molar-refractivity contribution in [1.29, 1.82) is 0 Å². The Morgan fingerprint density at radius 2 is 2.10 bits per heavy atom. The van der Waals surface area contributed by atoms with E-state index in [2.05, 4.69) is 0 Å². The van der Waals surface area contributed by atoms with E-state index in [9.17, 15) is 9.90 Å². The van der Waals surface area contributed by atoms with E-state index < -0.39 is 6.10 Å². The van der Waals surface area contributed by atoms with E-state index in [1.54, 1.807) is 4.90 Å². The van der Waals surface area contributed by atoms with Crippen molar-refractivity contribution in [2.45, 2.75) is 58.4 Å². The van der Waals surface area contributed by atoms with Crippen LogP contribution in [0.5, 0.6) is 0 Å². The van der Waals surface area contributed by atoms with E-state index in [0.717, 1.165) is 11.1 Å². The van der Waals surface area contributed by atoms with E-state index >= 15 is 0 Å². The Morgan fingerprint density at radius 3 is 2.65 bits per heavy atom. The van der Waals surface area contributed by atoms with Crippen LogP contribution < -0.4 is 0 Å². The number of aliphatic hydroxyl groups is 1. The summed E-state index contributed by atoms with van der Waals surface area (Å²) in [4.78, 5) is 13.7. The molecule has 0 saturated carbocycles. The van der Waals surface area contributed by atoms with E-state index in [4.69, 9.17) is 4.74 Å². The Hall–Kier alpha value is -1.55. The first-order chi connectivity index (χ1) is 9.45. The van der Waals surface area contributed by atoms with Crippen molar-refractivity contribution in [1.82, 2.24) is 4.90 Å². The molecule has 1 aromatic rings. The van der Waals surface area contributed by atoms with Gasteiger partial charge in [0.15, 0.2) is 0 Å². The molecule has 0 aliphatic carbocycles. The van der Waals surface area contributed by atoms with Crippen molar-refractivity contribution in [3.8, 4) is 0 Å². The molecule has 2 rings (SSSR count). The quantitative estimate of drug-likeness (QED) is 0.917. The van der Waals surface area contributed by atoms with Gasteiger partial charge in [-0.3, -0.25) is 4.90 Å². The van der Waals surface area contributed by atoms with Crippen LogP contribution in [0, 0.1) is 0 Å².